The van der Waals surface area contributed by atoms with Crippen LogP contribution < -0.4 is 0 Å². The largest absolute Gasteiger partial charge is 0.393 e. The molecule has 0 rings (SSSR count). The Kier molecular flexibility index (Phi) is 3.67. The molecule has 0 aromatic heterocycles. The van der Waals surface area contributed by atoms with E-state index < -0.39 is 31.7 Å². The van der Waals surface area contributed by atoms with Crippen molar-refractivity contribution in [3.63, 3.8) is 0 Å². The van der Waals surface area contributed by atoms with Crippen molar-refractivity contribution in [2.75, 3.05) is 13.2 Å². The first-order valence-corrected chi connectivity index (χ1v) is 2.73. The molecule has 0 saturated heterocycles. The van der Waals surface area contributed by atoms with E-state index in [0.717, 1.165) is 0 Å². The van der Waals surface area contributed by atoms with E-state index in [9.17, 15) is 13.2 Å². The van der Waals surface area contributed by atoms with Crippen LogP contribution in [0.15, 0.2) is 0 Å². The zero-order chi connectivity index (χ0) is 8.20. The second-order valence-electron chi connectivity index (χ2n) is 2.06. The molecule has 62 valence electrons. The predicted molar refractivity (Wildman–Crippen MR) is 28.6 cm³/mol. The lowest BCUT2D eigenvalue weighted by molar-refractivity contribution is -0.0308. The summed E-state index contributed by atoms with van der Waals surface area (Å²) in [4.78, 5) is 0. The molecular formula is C5H9F3O2. The van der Waals surface area contributed by atoms with E-state index in [2.05, 4.69) is 0 Å². The van der Waals surface area contributed by atoms with E-state index in [1.54, 1.807) is 0 Å². The number of aliphatic hydroxyl groups excluding tert-OH is 2. The first-order chi connectivity index (χ1) is 4.54. The third-order valence-electron chi connectivity index (χ3n) is 1.09. The van der Waals surface area contributed by atoms with Gasteiger partial charge in [0.25, 0.3) is 0 Å². The summed E-state index contributed by atoms with van der Waals surface area (Å²) in [5, 5.41) is 16.3. The molecule has 0 aliphatic rings. The van der Waals surface area contributed by atoms with Crippen molar-refractivity contribution in [3.8, 4) is 0 Å². The summed E-state index contributed by atoms with van der Waals surface area (Å²) in [5.41, 5.74) is -2.53. The molecule has 0 saturated carbocycles. The number of halogens is 3. The van der Waals surface area contributed by atoms with Crippen LogP contribution in [-0.2, 0) is 0 Å². The maximum Gasteiger partial charge on any atom is 0.241 e. The van der Waals surface area contributed by atoms with Gasteiger partial charge in [-0.15, -0.1) is 0 Å². The fourth-order valence-electron chi connectivity index (χ4n) is 0.456. The van der Waals surface area contributed by atoms with Crippen molar-refractivity contribution in [1.82, 2.24) is 0 Å². The van der Waals surface area contributed by atoms with E-state index in [-0.39, 0.29) is 0 Å². The summed E-state index contributed by atoms with van der Waals surface area (Å²) in [6, 6.07) is 0. The molecule has 0 aliphatic carbocycles. The molecule has 0 aliphatic heterocycles. The molecule has 5 heteroatoms. The molecule has 2 N–H and O–H groups in total. The van der Waals surface area contributed by atoms with Gasteiger partial charge in [-0.3, -0.25) is 0 Å². The van der Waals surface area contributed by atoms with Crippen molar-refractivity contribution in [2.24, 2.45) is 0 Å². The summed E-state index contributed by atoms with van der Waals surface area (Å²) in [6.45, 7) is -2.15. The monoisotopic (exact) mass is 158 g/mol. The normalized spacial score (nSPS) is 12.6. The van der Waals surface area contributed by atoms with Crippen LogP contribution in [0.4, 0.5) is 13.2 Å². The molecule has 0 heterocycles. The fraction of sp³-hybridized carbons (Fsp3) is 1.00. The van der Waals surface area contributed by atoms with Gasteiger partial charge < -0.3 is 10.2 Å². The number of hydrogen-bond acceptors (Lipinski definition) is 2. The maximum atomic E-state index is 12.5. The van der Waals surface area contributed by atoms with E-state index in [1.807, 2.05) is 0 Å². The van der Waals surface area contributed by atoms with Crippen molar-refractivity contribution < 1.29 is 23.4 Å². The number of alkyl halides is 3. The number of aliphatic hydroxyl groups is 2. The summed E-state index contributed by atoms with van der Waals surface area (Å²) >= 11 is 0. The minimum atomic E-state index is -2.84. The Bertz CT molecular complexity index is 92.9. The zero-order valence-electron chi connectivity index (χ0n) is 5.23. The van der Waals surface area contributed by atoms with Crippen LogP contribution in [0, 0.1) is 0 Å². The van der Waals surface area contributed by atoms with Crippen LogP contribution in [0.5, 0.6) is 0 Å². The molecule has 0 amide bonds. The highest BCUT2D eigenvalue weighted by Crippen LogP contribution is 2.19. The molecule has 0 bridgehead atoms. The van der Waals surface area contributed by atoms with Crippen molar-refractivity contribution >= 4 is 0 Å². The zero-order valence-corrected chi connectivity index (χ0v) is 5.23. The summed E-state index contributed by atoms with van der Waals surface area (Å²) < 4.78 is 35.4. The first-order valence-electron chi connectivity index (χ1n) is 2.73. The predicted octanol–water partition coefficient (Wildman–Crippen LogP) is 0.335. The average Bonchev–Trinajstić information content (AvgIpc) is 1.87. The third kappa shape index (κ3) is 3.03. The standard InChI is InChI=1S/C5H9F3O2/c6-4(7)1-5(8,2-9)3-10/h4,9-10H,1-3H2. The fourth-order valence-corrected chi connectivity index (χ4v) is 0.456. The van der Waals surface area contributed by atoms with Gasteiger partial charge in [0.15, 0.2) is 5.67 Å². The first kappa shape index (κ1) is 9.71. The van der Waals surface area contributed by atoms with Crippen molar-refractivity contribution in [1.29, 1.82) is 0 Å². The second-order valence-corrected chi connectivity index (χ2v) is 2.06. The molecule has 0 atom stereocenters. The minimum Gasteiger partial charge on any atom is -0.393 e. The van der Waals surface area contributed by atoms with Gasteiger partial charge in [0.05, 0.1) is 13.2 Å². The minimum absolute atomic E-state index is 1.08. The average molecular weight is 158 g/mol. The van der Waals surface area contributed by atoms with E-state index in [1.165, 1.54) is 0 Å². The highest BCUT2D eigenvalue weighted by Gasteiger charge is 2.31. The van der Waals surface area contributed by atoms with E-state index >= 15 is 0 Å². The van der Waals surface area contributed by atoms with Crippen molar-refractivity contribution in [3.05, 3.63) is 0 Å². The maximum absolute atomic E-state index is 12.5. The lowest BCUT2D eigenvalue weighted by atomic mass is 10.1. The summed E-state index contributed by atoms with van der Waals surface area (Å²) in [7, 11) is 0. The molecule has 0 spiro atoms. The van der Waals surface area contributed by atoms with Crippen molar-refractivity contribution in [2.45, 2.75) is 18.5 Å². The Morgan fingerprint density at radius 2 is 1.60 bits per heavy atom. The van der Waals surface area contributed by atoms with Gasteiger partial charge in [-0.1, -0.05) is 0 Å². The molecule has 2 nitrogen and oxygen atoms in total. The van der Waals surface area contributed by atoms with Crippen LogP contribution in [0.1, 0.15) is 6.42 Å². The van der Waals surface area contributed by atoms with Gasteiger partial charge in [-0.05, 0) is 0 Å². The number of rotatable bonds is 4. The molecule has 0 aromatic carbocycles. The van der Waals surface area contributed by atoms with Gasteiger partial charge in [-0.25, -0.2) is 13.2 Å². The quantitative estimate of drug-likeness (QED) is 0.619. The Labute approximate surface area is 56.3 Å². The van der Waals surface area contributed by atoms with Gasteiger partial charge in [-0.2, -0.15) is 0 Å². The van der Waals surface area contributed by atoms with Crippen LogP contribution in [0.2, 0.25) is 0 Å². The molecule has 0 radical (unpaired) electrons. The molecule has 10 heavy (non-hydrogen) atoms. The van der Waals surface area contributed by atoms with Crippen LogP contribution in [0.25, 0.3) is 0 Å². The van der Waals surface area contributed by atoms with Gasteiger partial charge in [0, 0.05) is 6.42 Å². The Balaban J connectivity index is 3.80. The molecule has 0 aromatic rings. The Morgan fingerprint density at radius 1 is 1.20 bits per heavy atom. The molecule has 0 fully saturated rings. The second kappa shape index (κ2) is 3.78. The lowest BCUT2D eigenvalue weighted by Crippen LogP contribution is -2.34. The van der Waals surface area contributed by atoms with Crippen LogP contribution in [-0.4, -0.2) is 35.5 Å². The molecule has 0 unspecified atom stereocenters. The third-order valence-corrected chi connectivity index (χ3v) is 1.09. The smallest absolute Gasteiger partial charge is 0.241 e. The van der Waals surface area contributed by atoms with E-state index in [4.69, 9.17) is 10.2 Å². The Hall–Kier alpha value is -0.290. The summed E-state index contributed by atoms with van der Waals surface area (Å²) in [6.07, 6.45) is -3.97. The number of hydrogen-bond donors (Lipinski definition) is 2. The van der Waals surface area contributed by atoms with Gasteiger partial charge in [0.2, 0.25) is 6.43 Å². The highest BCUT2D eigenvalue weighted by atomic mass is 19.3. The topological polar surface area (TPSA) is 40.5 Å². The lowest BCUT2D eigenvalue weighted by Gasteiger charge is -2.18. The Morgan fingerprint density at radius 3 is 1.70 bits per heavy atom. The van der Waals surface area contributed by atoms with Gasteiger partial charge in [0.1, 0.15) is 0 Å². The SMILES string of the molecule is OCC(F)(CO)CC(F)F. The van der Waals surface area contributed by atoms with Crippen LogP contribution >= 0.6 is 0 Å². The van der Waals surface area contributed by atoms with Gasteiger partial charge >= 0.3 is 0 Å². The summed E-state index contributed by atoms with van der Waals surface area (Å²) in [5.74, 6) is 0. The highest BCUT2D eigenvalue weighted by molar-refractivity contribution is 4.77. The molecular weight excluding hydrogens is 149 g/mol. The van der Waals surface area contributed by atoms with Crippen LogP contribution in [0.3, 0.4) is 0 Å². The van der Waals surface area contributed by atoms with E-state index in [0.29, 0.717) is 0 Å².